The maximum absolute atomic E-state index is 5.93. The third-order valence-electron chi connectivity index (χ3n) is 4.29. The molecule has 1 saturated heterocycles. The summed E-state index contributed by atoms with van der Waals surface area (Å²) < 4.78 is 5.93. The standard InChI is InChI=1S/C14H27NO/c1-2-15-11-13-8-9-16-14(13)10-12-6-4-3-5-7-12/h12-15H,2-11H2,1H3. The Morgan fingerprint density at radius 2 is 1.94 bits per heavy atom. The van der Waals surface area contributed by atoms with Crippen LogP contribution in [0.4, 0.5) is 0 Å². The maximum atomic E-state index is 5.93. The highest BCUT2D eigenvalue weighted by Crippen LogP contribution is 2.32. The van der Waals surface area contributed by atoms with Gasteiger partial charge < -0.3 is 10.1 Å². The Bertz CT molecular complexity index is 189. The summed E-state index contributed by atoms with van der Waals surface area (Å²) in [6.07, 6.45) is 10.4. The molecule has 2 heteroatoms. The van der Waals surface area contributed by atoms with Crippen molar-refractivity contribution in [1.29, 1.82) is 0 Å². The molecule has 2 nitrogen and oxygen atoms in total. The molecule has 0 aromatic carbocycles. The monoisotopic (exact) mass is 225 g/mol. The van der Waals surface area contributed by atoms with E-state index in [0.717, 1.165) is 31.5 Å². The van der Waals surface area contributed by atoms with Gasteiger partial charge in [0.1, 0.15) is 0 Å². The second-order valence-electron chi connectivity index (χ2n) is 5.51. The van der Waals surface area contributed by atoms with E-state index in [9.17, 15) is 0 Å². The fourth-order valence-corrected chi connectivity index (χ4v) is 3.27. The highest BCUT2D eigenvalue weighted by molar-refractivity contribution is 4.81. The van der Waals surface area contributed by atoms with Crippen LogP contribution in [-0.4, -0.2) is 25.8 Å². The van der Waals surface area contributed by atoms with Crippen molar-refractivity contribution in [2.24, 2.45) is 11.8 Å². The summed E-state index contributed by atoms with van der Waals surface area (Å²) in [5.41, 5.74) is 0. The van der Waals surface area contributed by atoms with E-state index in [1.165, 1.54) is 44.9 Å². The van der Waals surface area contributed by atoms with Gasteiger partial charge in [0, 0.05) is 13.2 Å². The van der Waals surface area contributed by atoms with E-state index < -0.39 is 0 Å². The first-order valence-corrected chi connectivity index (χ1v) is 7.22. The van der Waals surface area contributed by atoms with Gasteiger partial charge in [-0.25, -0.2) is 0 Å². The van der Waals surface area contributed by atoms with Crippen LogP contribution in [0, 0.1) is 11.8 Å². The van der Waals surface area contributed by atoms with Crippen molar-refractivity contribution >= 4 is 0 Å². The maximum Gasteiger partial charge on any atom is 0.0618 e. The third-order valence-corrected chi connectivity index (χ3v) is 4.29. The SMILES string of the molecule is CCNCC1CCOC1CC1CCCCC1. The van der Waals surface area contributed by atoms with E-state index in [-0.39, 0.29) is 0 Å². The lowest BCUT2D eigenvalue weighted by Gasteiger charge is -2.27. The van der Waals surface area contributed by atoms with Crippen molar-refractivity contribution in [3.05, 3.63) is 0 Å². The summed E-state index contributed by atoms with van der Waals surface area (Å²) in [5.74, 6) is 1.74. The highest BCUT2D eigenvalue weighted by atomic mass is 16.5. The van der Waals surface area contributed by atoms with Crippen molar-refractivity contribution in [3.63, 3.8) is 0 Å². The number of rotatable bonds is 5. The first kappa shape index (κ1) is 12.4. The minimum Gasteiger partial charge on any atom is -0.378 e. The molecule has 2 fully saturated rings. The van der Waals surface area contributed by atoms with E-state index in [4.69, 9.17) is 4.74 Å². The predicted octanol–water partition coefficient (Wildman–Crippen LogP) is 2.97. The summed E-state index contributed by atoms with van der Waals surface area (Å²) >= 11 is 0. The topological polar surface area (TPSA) is 21.3 Å². The Balaban J connectivity index is 1.73. The molecule has 16 heavy (non-hydrogen) atoms. The molecule has 94 valence electrons. The molecule has 1 aliphatic carbocycles. The van der Waals surface area contributed by atoms with Gasteiger partial charge in [-0.05, 0) is 31.2 Å². The van der Waals surface area contributed by atoms with Crippen LogP contribution < -0.4 is 5.32 Å². The predicted molar refractivity (Wildman–Crippen MR) is 67.6 cm³/mol. The first-order valence-electron chi connectivity index (χ1n) is 7.22. The number of hydrogen-bond donors (Lipinski definition) is 1. The Morgan fingerprint density at radius 1 is 1.12 bits per heavy atom. The number of hydrogen-bond acceptors (Lipinski definition) is 2. The van der Waals surface area contributed by atoms with Crippen LogP contribution >= 0.6 is 0 Å². The molecule has 0 bridgehead atoms. The van der Waals surface area contributed by atoms with E-state index in [1.807, 2.05) is 0 Å². The van der Waals surface area contributed by atoms with Crippen LogP contribution in [0.2, 0.25) is 0 Å². The average molecular weight is 225 g/mol. The highest BCUT2D eigenvalue weighted by Gasteiger charge is 2.30. The van der Waals surface area contributed by atoms with Gasteiger partial charge in [0.05, 0.1) is 6.10 Å². The van der Waals surface area contributed by atoms with Crippen LogP contribution in [0.3, 0.4) is 0 Å². The molecule has 1 heterocycles. The van der Waals surface area contributed by atoms with Crippen molar-refractivity contribution in [1.82, 2.24) is 5.32 Å². The first-order chi connectivity index (χ1) is 7.90. The summed E-state index contributed by atoms with van der Waals surface area (Å²) in [7, 11) is 0. The van der Waals surface area contributed by atoms with Crippen LogP contribution in [-0.2, 0) is 4.74 Å². The van der Waals surface area contributed by atoms with Crippen LogP contribution in [0.15, 0.2) is 0 Å². The quantitative estimate of drug-likeness (QED) is 0.776. The average Bonchev–Trinajstić information content (AvgIpc) is 2.75. The molecule has 1 saturated carbocycles. The van der Waals surface area contributed by atoms with Crippen LogP contribution in [0.25, 0.3) is 0 Å². The molecule has 0 aromatic heterocycles. The van der Waals surface area contributed by atoms with Gasteiger partial charge in [-0.15, -0.1) is 0 Å². The zero-order chi connectivity index (χ0) is 11.2. The summed E-state index contributed by atoms with van der Waals surface area (Å²) in [4.78, 5) is 0. The lowest BCUT2D eigenvalue weighted by Crippen LogP contribution is -2.30. The van der Waals surface area contributed by atoms with Gasteiger partial charge in [0.15, 0.2) is 0 Å². The summed E-state index contributed by atoms with van der Waals surface area (Å²) in [6.45, 7) is 5.43. The van der Waals surface area contributed by atoms with Gasteiger partial charge in [-0.2, -0.15) is 0 Å². The second kappa shape index (κ2) is 6.61. The molecular weight excluding hydrogens is 198 g/mol. The minimum atomic E-state index is 0.558. The fourth-order valence-electron chi connectivity index (χ4n) is 3.27. The molecule has 0 spiro atoms. The van der Waals surface area contributed by atoms with Gasteiger partial charge in [-0.1, -0.05) is 39.0 Å². The lowest BCUT2D eigenvalue weighted by molar-refractivity contribution is 0.0631. The molecule has 2 aliphatic rings. The molecule has 2 unspecified atom stereocenters. The molecular formula is C14H27NO. The minimum absolute atomic E-state index is 0.558. The van der Waals surface area contributed by atoms with Crippen LogP contribution in [0.5, 0.6) is 0 Å². The Hall–Kier alpha value is -0.0800. The van der Waals surface area contributed by atoms with E-state index in [0.29, 0.717) is 6.10 Å². The van der Waals surface area contributed by atoms with E-state index in [2.05, 4.69) is 12.2 Å². The number of nitrogens with one attached hydrogen (secondary N) is 1. The molecule has 2 atom stereocenters. The van der Waals surface area contributed by atoms with Crippen molar-refractivity contribution in [2.75, 3.05) is 19.7 Å². The molecule has 1 N–H and O–H groups in total. The second-order valence-corrected chi connectivity index (χ2v) is 5.51. The van der Waals surface area contributed by atoms with Crippen molar-refractivity contribution < 1.29 is 4.74 Å². The molecule has 0 aromatic rings. The van der Waals surface area contributed by atoms with Crippen molar-refractivity contribution in [3.8, 4) is 0 Å². The molecule has 1 aliphatic heterocycles. The van der Waals surface area contributed by atoms with E-state index in [1.54, 1.807) is 0 Å². The number of ether oxygens (including phenoxy) is 1. The zero-order valence-electron chi connectivity index (χ0n) is 10.7. The molecule has 0 radical (unpaired) electrons. The van der Waals surface area contributed by atoms with Gasteiger partial charge >= 0.3 is 0 Å². The Kier molecular flexibility index (Phi) is 5.11. The fraction of sp³-hybridized carbons (Fsp3) is 1.00. The smallest absolute Gasteiger partial charge is 0.0618 e. The normalized spacial score (nSPS) is 32.1. The van der Waals surface area contributed by atoms with Gasteiger partial charge in [-0.3, -0.25) is 0 Å². The van der Waals surface area contributed by atoms with E-state index >= 15 is 0 Å². The van der Waals surface area contributed by atoms with Crippen LogP contribution in [0.1, 0.15) is 51.9 Å². The Morgan fingerprint density at radius 3 is 2.69 bits per heavy atom. The Labute approximate surface area is 100 Å². The molecule has 0 amide bonds. The van der Waals surface area contributed by atoms with Gasteiger partial charge in [0.2, 0.25) is 0 Å². The van der Waals surface area contributed by atoms with Crippen molar-refractivity contribution in [2.45, 2.75) is 58.0 Å². The largest absolute Gasteiger partial charge is 0.378 e. The van der Waals surface area contributed by atoms with Gasteiger partial charge in [0.25, 0.3) is 0 Å². The third kappa shape index (κ3) is 3.46. The lowest BCUT2D eigenvalue weighted by atomic mass is 9.83. The zero-order valence-corrected chi connectivity index (χ0v) is 10.7. The molecule has 2 rings (SSSR count). The summed E-state index contributed by atoms with van der Waals surface area (Å²) in [6, 6.07) is 0. The summed E-state index contributed by atoms with van der Waals surface area (Å²) in [5, 5.41) is 3.48.